The van der Waals surface area contributed by atoms with Crippen LogP contribution in [0.2, 0.25) is 0 Å². The molecule has 0 bridgehead atoms. The molecular formula is C28H25N5O2. The first-order valence-corrected chi connectivity index (χ1v) is 11.5. The van der Waals surface area contributed by atoms with Crippen LogP contribution in [0.15, 0.2) is 79.0 Å². The number of aromatic nitrogens is 2. The van der Waals surface area contributed by atoms with Gasteiger partial charge in [-0.05, 0) is 49.7 Å². The van der Waals surface area contributed by atoms with Crippen LogP contribution in [-0.2, 0) is 11.2 Å². The van der Waals surface area contributed by atoms with Crippen molar-refractivity contribution in [3.05, 3.63) is 101 Å². The number of carbonyl (C=O) groups excluding carboxylic acids is 2. The van der Waals surface area contributed by atoms with E-state index in [-0.39, 0.29) is 24.3 Å². The summed E-state index contributed by atoms with van der Waals surface area (Å²) in [5.74, 6) is 0.184. The van der Waals surface area contributed by atoms with E-state index >= 15 is 0 Å². The highest BCUT2D eigenvalue weighted by atomic mass is 16.2. The average molecular weight is 464 g/mol. The molecule has 1 aliphatic heterocycles. The van der Waals surface area contributed by atoms with Crippen LogP contribution < -0.4 is 16.0 Å². The maximum absolute atomic E-state index is 12.7. The van der Waals surface area contributed by atoms with E-state index in [1.165, 1.54) is 5.56 Å². The highest BCUT2D eigenvalue weighted by molar-refractivity contribution is 6.00. The first-order valence-electron chi connectivity index (χ1n) is 11.5. The molecule has 3 N–H and O–H groups in total. The molecule has 1 atom stereocenters. The van der Waals surface area contributed by atoms with E-state index in [1.54, 1.807) is 18.3 Å². The minimum absolute atomic E-state index is 0.0916. The van der Waals surface area contributed by atoms with E-state index in [0.717, 1.165) is 33.8 Å². The number of para-hydroxylation sites is 1. The average Bonchev–Trinajstić information content (AvgIpc) is 3.00. The highest BCUT2D eigenvalue weighted by Crippen LogP contribution is 2.32. The molecule has 4 aromatic rings. The molecule has 0 saturated carbocycles. The number of nitrogens with zero attached hydrogens (tertiary/aromatic N) is 2. The Bertz CT molecular complexity index is 1400. The lowest BCUT2D eigenvalue weighted by Crippen LogP contribution is -2.26. The zero-order valence-electron chi connectivity index (χ0n) is 19.5. The van der Waals surface area contributed by atoms with Crippen LogP contribution in [0.5, 0.6) is 0 Å². The molecule has 35 heavy (non-hydrogen) atoms. The molecular weight excluding hydrogens is 438 g/mol. The Kier molecular flexibility index (Phi) is 5.97. The molecule has 5 rings (SSSR count). The fourth-order valence-corrected chi connectivity index (χ4v) is 4.05. The minimum Gasteiger partial charge on any atom is -0.346 e. The molecule has 0 aliphatic carbocycles. The summed E-state index contributed by atoms with van der Waals surface area (Å²) in [6.45, 7) is 4.01. The molecule has 0 spiro atoms. The van der Waals surface area contributed by atoms with E-state index in [2.05, 4.69) is 25.9 Å². The highest BCUT2D eigenvalue weighted by Gasteiger charge is 2.20. The zero-order chi connectivity index (χ0) is 24.4. The molecule has 3 aromatic carbocycles. The van der Waals surface area contributed by atoms with E-state index in [0.29, 0.717) is 11.5 Å². The second-order valence-corrected chi connectivity index (χ2v) is 8.65. The molecule has 174 valence electrons. The van der Waals surface area contributed by atoms with Gasteiger partial charge in [0, 0.05) is 28.6 Å². The summed E-state index contributed by atoms with van der Waals surface area (Å²) in [5.41, 5.74) is 6.64. The van der Waals surface area contributed by atoms with Gasteiger partial charge in [-0.3, -0.25) is 9.59 Å². The van der Waals surface area contributed by atoms with Crippen LogP contribution >= 0.6 is 0 Å². The topological polar surface area (TPSA) is 96.0 Å². The van der Waals surface area contributed by atoms with Crippen molar-refractivity contribution < 1.29 is 9.59 Å². The number of nitrogens with one attached hydrogen (secondary N) is 3. The maximum atomic E-state index is 12.7. The fraction of sp³-hybridized carbons (Fsp3) is 0.143. The summed E-state index contributed by atoms with van der Waals surface area (Å²) in [6, 6.07) is 22.8. The Hall–Kier alpha value is -4.52. The Morgan fingerprint density at radius 3 is 2.51 bits per heavy atom. The monoisotopic (exact) mass is 463 g/mol. The predicted molar refractivity (Wildman–Crippen MR) is 137 cm³/mol. The number of hydrogen-bond acceptors (Lipinski definition) is 5. The second kappa shape index (κ2) is 9.38. The van der Waals surface area contributed by atoms with Gasteiger partial charge in [0.1, 0.15) is 0 Å². The lowest BCUT2D eigenvalue weighted by atomic mass is 10.1. The maximum Gasteiger partial charge on any atom is 0.251 e. The molecule has 2 amide bonds. The first-order chi connectivity index (χ1) is 17.0. The number of anilines is 3. The first kappa shape index (κ1) is 22.3. The standard InChI is InChI=1S/C28H25N5O2/c1-17-7-9-19(10-8-17)18(2)30-27(35)20-11-13-22(14-12-20)31-28-29-16-21-15-25(34)32-24-6-4-3-5-23(24)26(21)33-28/h3-14,16,18H,15H2,1-2H3,(H,30,35)(H,32,34)(H,29,31,33)/t18-/m0/s1. The largest absolute Gasteiger partial charge is 0.346 e. The van der Waals surface area contributed by atoms with Gasteiger partial charge in [0.05, 0.1) is 23.8 Å². The van der Waals surface area contributed by atoms with Crippen LogP contribution in [-0.4, -0.2) is 21.8 Å². The molecule has 0 unspecified atom stereocenters. The van der Waals surface area contributed by atoms with Gasteiger partial charge in [0.25, 0.3) is 5.91 Å². The predicted octanol–water partition coefficient (Wildman–Crippen LogP) is 5.18. The van der Waals surface area contributed by atoms with Gasteiger partial charge < -0.3 is 16.0 Å². The summed E-state index contributed by atoms with van der Waals surface area (Å²) >= 11 is 0. The number of rotatable bonds is 5. The van der Waals surface area contributed by atoms with Crippen LogP contribution in [0.4, 0.5) is 17.3 Å². The lowest BCUT2D eigenvalue weighted by molar-refractivity contribution is -0.115. The van der Waals surface area contributed by atoms with Crippen LogP contribution in [0.3, 0.4) is 0 Å². The van der Waals surface area contributed by atoms with Gasteiger partial charge in [0.2, 0.25) is 11.9 Å². The van der Waals surface area contributed by atoms with E-state index < -0.39 is 0 Å². The third-order valence-electron chi connectivity index (χ3n) is 6.00. The Labute approximate surface area is 203 Å². The summed E-state index contributed by atoms with van der Waals surface area (Å²) < 4.78 is 0. The van der Waals surface area contributed by atoms with Gasteiger partial charge >= 0.3 is 0 Å². The van der Waals surface area contributed by atoms with Crippen LogP contribution in [0, 0.1) is 6.92 Å². The van der Waals surface area contributed by atoms with Gasteiger partial charge in [-0.25, -0.2) is 9.97 Å². The quantitative estimate of drug-likeness (QED) is 0.379. The summed E-state index contributed by atoms with van der Waals surface area (Å²) in [5, 5.41) is 9.15. The Morgan fingerprint density at radius 2 is 1.74 bits per heavy atom. The Morgan fingerprint density at radius 1 is 1.00 bits per heavy atom. The molecule has 1 aromatic heterocycles. The Balaban J connectivity index is 1.31. The fourth-order valence-electron chi connectivity index (χ4n) is 4.05. The van der Waals surface area contributed by atoms with Gasteiger partial charge in [0.15, 0.2) is 0 Å². The third-order valence-corrected chi connectivity index (χ3v) is 6.00. The molecule has 2 heterocycles. The van der Waals surface area contributed by atoms with Crippen LogP contribution in [0.1, 0.15) is 40.0 Å². The SMILES string of the molecule is Cc1ccc([C@H](C)NC(=O)c2ccc(Nc3ncc4c(n3)-c3ccccc3NC(=O)C4)cc2)cc1. The molecule has 0 radical (unpaired) electrons. The van der Waals surface area contributed by atoms with E-state index in [4.69, 9.17) is 0 Å². The molecule has 7 heteroatoms. The number of fused-ring (bicyclic) bond motifs is 3. The smallest absolute Gasteiger partial charge is 0.251 e. The number of aryl methyl sites for hydroxylation is 1. The van der Waals surface area contributed by atoms with Crippen molar-refractivity contribution in [1.82, 2.24) is 15.3 Å². The minimum atomic E-state index is -0.139. The zero-order valence-corrected chi connectivity index (χ0v) is 19.5. The number of hydrogen-bond donors (Lipinski definition) is 3. The lowest BCUT2D eigenvalue weighted by Gasteiger charge is -2.15. The molecule has 7 nitrogen and oxygen atoms in total. The normalized spacial score (nSPS) is 13.0. The van der Waals surface area contributed by atoms with Gasteiger partial charge in [-0.2, -0.15) is 0 Å². The third kappa shape index (κ3) is 4.89. The number of benzene rings is 3. The van der Waals surface area contributed by atoms with E-state index in [1.807, 2.05) is 74.5 Å². The van der Waals surface area contributed by atoms with Crippen molar-refractivity contribution in [2.24, 2.45) is 0 Å². The van der Waals surface area contributed by atoms with Crippen molar-refractivity contribution >= 4 is 29.1 Å². The van der Waals surface area contributed by atoms with Crippen molar-refractivity contribution in [2.75, 3.05) is 10.6 Å². The summed E-state index contributed by atoms with van der Waals surface area (Å²) in [6.07, 6.45) is 1.90. The molecule has 0 fully saturated rings. The number of carbonyl (C=O) groups is 2. The van der Waals surface area contributed by atoms with Crippen molar-refractivity contribution in [1.29, 1.82) is 0 Å². The number of amides is 2. The van der Waals surface area contributed by atoms with E-state index in [9.17, 15) is 9.59 Å². The van der Waals surface area contributed by atoms with Crippen molar-refractivity contribution in [3.8, 4) is 11.3 Å². The van der Waals surface area contributed by atoms with Crippen LogP contribution in [0.25, 0.3) is 11.3 Å². The molecule has 1 aliphatic rings. The molecule has 0 saturated heterocycles. The summed E-state index contributed by atoms with van der Waals surface area (Å²) in [7, 11) is 0. The van der Waals surface area contributed by atoms with Crippen molar-refractivity contribution in [2.45, 2.75) is 26.3 Å². The second-order valence-electron chi connectivity index (χ2n) is 8.65. The van der Waals surface area contributed by atoms with Gasteiger partial charge in [-0.1, -0.05) is 48.0 Å². The summed E-state index contributed by atoms with van der Waals surface area (Å²) in [4.78, 5) is 34.0. The van der Waals surface area contributed by atoms with Crippen molar-refractivity contribution in [3.63, 3.8) is 0 Å². The van der Waals surface area contributed by atoms with Gasteiger partial charge in [-0.15, -0.1) is 0 Å².